The Morgan fingerprint density at radius 3 is 2.75 bits per heavy atom. The van der Waals surface area contributed by atoms with Crippen molar-refractivity contribution in [2.24, 2.45) is 5.41 Å². The molecular weight excluding hydrogens is 204 g/mol. The highest BCUT2D eigenvalue weighted by molar-refractivity contribution is 5.81. The zero-order chi connectivity index (χ0) is 11.8. The van der Waals surface area contributed by atoms with Gasteiger partial charge in [-0.05, 0) is 6.42 Å². The predicted molar refractivity (Wildman–Crippen MR) is 59.7 cm³/mol. The van der Waals surface area contributed by atoms with E-state index in [1.165, 1.54) is 0 Å². The van der Waals surface area contributed by atoms with Crippen LogP contribution >= 0.6 is 0 Å². The third-order valence-corrected chi connectivity index (χ3v) is 2.91. The van der Waals surface area contributed by atoms with E-state index in [9.17, 15) is 4.79 Å². The van der Waals surface area contributed by atoms with E-state index in [4.69, 9.17) is 0 Å². The normalized spacial score (nSPS) is 21.4. The molecule has 1 aromatic rings. The lowest BCUT2D eigenvalue weighted by Gasteiger charge is -2.25. The van der Waals surface area contributed by atoms with Crippen molar-refractivity contribution in [3.63, 3.8) is 0 Å². The first-order valence-corrected chi connectivity index (χ1v) is 5.63. The summed E-state index contributed by atoms with van der Waals surface area (Å²) in [6.07, 6.45) is 4.50. The van der Waals surface area contributed by atoms with Crippen molar-refractivity contribution in [3.05, 3.63) is 12.4 Å². The molecule has 1 fully saturated rings. The molecule has 2 rings (SSSR count). The van der Waals surface area contributed by atoms with Crippen molar-refractivity contribution in [2.75, 3.05) is 13.1 Å². The minimum atomic E-state index is -0.294. The highest BCUT2D eigenvalue weighted by Crippen LogP contribution is 2.25. The number of nitrogens with zero attached hydrogens (tertiary/aromatic N) is 4. The second kappa shape index (κ2) is 3.88. The lowest BCUT2D eigenvalue weighted by atomic mass is 9.95. The fourth-order valence-electron chi connectivity index (χ4n) is 2.03. The van der Waals surface area contributed by atoms with E-state index in [-0.39, 0.29) is 17.4 Å². The molecule has 0 N–H and O–H groups in total. The summed E-state index contributed by atoms with van der Waals surface area (Å²) in [6, 6.07) is 0.286. The zero-order valence-corrected chi connectivity index (χ0v) is 10.1. The van der Waals surface area contributed by atoms with Gasteiger partial charge < -0.3 is 4.90 Å². The van der Waals surface area contributed by atoms with Gasteiger partial charge in [-0.1, -0.05) is 26.0 Å². The molecule has 0 aromatic carbocycles. The van der Waals surface area contributed by atoms with E-state index in [1.54, 1.807) is 6.20 Å². The summed E-state index contributed by atoms with van der Waals surface area (Å²) in [4.78, 5) is 14.0. The van der Waals surface area contributed by atoms with Crippen LogP contribution in [0.5, 0.6) is 0 Å². The largest absolute Gasteiger partial charge is 0.340 e. The van der Waals surface area contributed by atoms with Crippen molar-refractivity contribution in [2.45, 2.75) is 33.2 Å². The third kappa shape index (κ3) is 2.08. The molecule has 1 aliphatic rings. The molecule has 0 radical (unpaired) electrons. The highest BCUT2D eigenvalue weighted by atomic mass is 16.2. The lowest BCUT2D eigenvalue weighted by molar-refractivity contribution is -0.138. The standard InChI is InChI=1S/C11H18N4O/c1-11(2,3)10(16)14-6-4-9(8-14)15-7-5-12-13-15/h5,7,9H,4,6,8H2,1-3H3. The fourth-order valence-corrected chi connectivity index (χ4v) is 2.03. The first-order valence-electron chi connectivity index (χ1n) is 5.63. The van der Waals surface area contributed by atoms with Crippen LogP contribution in [0.15, 0.2) is 12.4 Å². The molecule has 1 aromatic heterocycles. The predicted octanol–water partition coefficient (Wildman–Crippen LogP) is 1.10. The quantitative estimate of drug-likeness (QED) is 0.715. The van der Waals surface area contributed by atoms with Crippen LogP contribution in [0, 0.1) is 5.41 Å². The van der Waals surface area contributed by atoms with Gasteiger partial charge in [0.1, 0.15) is 0 Å². The van der Waals surface area contributed by atoms with Gasteiger partial charge >= 0.3 is 0 Å². The average Bonchev–Trinajstić information content (AvgIpc) is 2.85. The van der Waals surface area contributed by atoms with Gasteiger partial charge in [-0.15, -0.1) is 5.10 Å². The molecule has 5 nitrogen and oxygen atoms in total. The number of carbonyl (C=O) groups excluding carboxylic acids is 1. The Kier molecular flexibility index (Phi) is 2.69. The lowest BCUT2D eigenvalue weighted by Crippen LogP contribution is -2.38. The SMILES string of the molecule is CC(C)(C)C(=O)N1CCC(n2ccnn2)C1. The second-order valence-electron chi connectivity index (χ2n) is 5.33. The van der Waals surface area contributed by atoms with E-state index in [0.29, 0.717) is 0 Å². The fraction of sp³-hybridized carbons (Fsp3) is 0.727. The maximum Gasteiger partial charge on any atom is 0.228 e. The maximum absolute atomic E-state index is 12.1. The Bertz CT molecular complexity index is 366. The van der Waals surface area contributed by atoms with Crippen LogP contribution in [0.2, 0.25) is 0 Å². The van der Waals surface area contributed by atoms with Gasteiger partial charge in [0.25, 0.3) is 0 Å². The minimum absolute atomic E-state index is 0.218. The average molecular weight is 222 g/mol. The molecule has 1 amide bonds. The van der Waals surface area contributed by atoms with Gasteiger partial charge in [0.05, 0.1) is 12.2 Å². The van der Waals surface area contributed by atoms with Gasteiger partial charge in [0.15, 0.2) is 0 Å². The van der Waals surface area contributed by atoms with Crippen LogP contribution in [-0.4, -0.2) is 38.9 Å². The molecule has 1 unspecified atom stereocenters. The smallest absolute Gasteiger partial charge is 0.228 e. The van der Waals surface area contributed by atoms with Crippen LogP contribution in [0.4, 0.5) is 0 Å². The molecule has 1 aliphatic heterocycles. The molecule has 0 spiro atoms. The molecular formula is C11H18N4O. The Morgan fingerprint density at radius 2 is 2.19 bits per heavy atom. The number of carbonyl (C=O) groups is 1. The summed E-state index contributed by atoms with van der Waals surface area (Å²) >= 11 is 0. The molecule has 1 atom stereocenters. The Labute approximate surface area is 95.4 Å². The number of aromatic nitrogens is 3. The van der Waals surface area contributed by atoms with Crippen LogP contribution in [0.3, 0.4) is 0 Å². The molecule has 1 saturated heterocycles. The topological polar surface area (TPSA) is 51.0 Å². The number of rotatable bonds is 1. The van der Waals surface area contributed by atoms with E-state index in [0.717, 1.165) is 19.5 Å². The molecule has 5 heteroatoms. The van der Waals surface area contributed by atoms with Crippen molar-refractivity contribution in [1.82, 2.24) is 19.9 Å². The molecule has 16 heavy (non-hydrogen) atoms. The molecule has 2 heterocycles. The third-order valence-electron chi connectivity index (χ3n) is 2.91. The monoisotopic (exact) mass is 222 g/mol. The van der Waals surface area contributed by atoms with Gasteiger partial charge in [0, 0.05) is 24.7 Å². The van der Waals surface area contributed by atoms with Crippen LogP contribution in [0.1, 0.15) is 33.2 Å². The van der Waals surface area contributed by atoms with Crippen LogP contribution < -0.4 is 0 Å². The van der Waals surface area contributed by atoms with E-state index in [1.807, 2.05) is 36.5 Å². The number of hydrogen-bond acceptors (Lipinski definition) is 3. The highest BCUT2D eigenvalue weighted by Gasteiger charge is 2.33. The van der Waals surface area contributed by atoms with Gasteiger partial charge in [-0.3, -0.25) is 4.79 Å². The second-order valence-corrected chi connectivity index (χ2v) is 5.33. The van der Waals surface area contributed by atoms with E-state index in [2.05, 4.69) is 10.3 Å². The van der Waals surface area contributed by atoms with Gasteiger partial charge in [-0.25, -0.2) is 4.68 Å². The maximum atomic E-state index is 12.1. The summed E-state index contributed by atoms with van der Waals surface area (Å²) in [5, 5.41) is 7.78. The van der Waals surface area contributed by atoms with Crippen molar-refractivity contribution in [3.8, 4) is 0 Å². The molecule has 0 aliphatic carbocycles. The van der Waals surface area contributed by atoms with E-state index >= 15 is 0 Å². The van der Waals surface area contributed by atoms with Crippen molar-refractivity contribution >= 4 is 5.91 Å². The van der Waals surface area contributed by atoms with Crippen molar-refractivity contribution < 1.29 is 4.79 Å². The molecule has 88 valence electrons. The number of hydrogen-bond donors (Lipinski definition) is 0. The molecule has 0 saturated carbocycles. The van der Waals surface area contributed by atoms with Gasteiger partial charge in [-0.2, -0.15) is 0 Å². The number of amides is 1. The summed E-state index contributed by atoms with van der Waals surface area (Å²) < 4.78 is 1.84. The zero-order valence-electron chi connectivity index (χ0n) is 10.1. The van der Waals surface area contributed by atoms with E-state index < -0.39 is 0 Å². The van der Waals surface area contributed by atoms with Gasteiger partial charge in [0.2, 0.25) is 5.91 Å². The Balaban J connectivity index is 2.01. The summed E-state index contributed by atoms with van der Waals surface area (Å²) in [5.74, 6) is 0.218. The summed E-state index contributed by atoms with van der Waals surface area (Å²) in [6.45, 7) is 7.44. The van der Waals surface area contributed by atoms with Crippen LogP contribution in [0.25, 0.3) is 0 Å². The Hall–Kier alpha value is -1.39. The molecule has 0 bridgehead atoms. The summed E-state index contributed by atoms with van der Waals surface area (Å²) in [5.41, 5.74) is -0.294. The Morgan fingerprint density at radius 1 is 1.44 bits per heavy atom. The first kappa shape index (κ1) is 11.1. The number of likely N-dealkylation sites (tertiary alicyclic amines) is 1. The van der Waals surface area contributed by atoms with Crippen LogP contribution in [-0.2, 0) is 4.79 Å². The summed E-state index contributed by atoms with van der Waals surface area (Å²) in [7, 11) is 0. The van der Waals surface area contributed by atoms with Crippen molar-refractivity contribution in [1.29, 1.82) is 0 Å². The minimum Gasteiger partial charge on any atom is -0.340 e. The first-order chi connectivity index (χ1) is 7.48.